The lowest BCUT2D eigenvalue weighted by Gasteiger charge is -2.13. The Kier molecular flexibility index (Phi) is 4.94. The van der Waals surface area contributed by atoms with Crippen molar-refractivity contribution in [3.63, 3.8) is 0 Å². The van der Waals surface area contributed by atoms with Crippen molar-refractivity contribution in [2.24, 2.45) is 10.9 Å². The summed E-state index contributed by atoms with van der Waals surface area (Å²) in [6.45, 7) is 2.62. The van der Waals surface area contributed by atoms with E-state index in [1.54, 1.807) is 17.5 Å². The third-order valence-electron chi connectivity index (χ3n) is 2.86. The van der Waals surface area contributed by atoms with E-state index in [0.29, 0.717) is 12.2 Å². The van der Waals surface area contributed by atoms with Crippen LogP contribution in [0, 0.1) is 0 Å². The molecule has 0 bridgehead atoms. The third kappa shape index (κ3) is 3.47. The number of thiophene rings is 1. The van der Waals surface area contributed by atoms with Crippen LogP contribution in [0.25, 0.3) is 0 Å². The van der Waals surface area contributed by atoms with Gasteiger partial charge in [-0.15, -0.1) is 11.3 Å². The Hall–Kier alpha value is -1.63. The first-order valence-corrected chi connectivity index (χ1v) is 7.21. The van der Waals surface area contributed by atoms with Gasteiger partial charge in [0.15, 0.2) is 5.84 Å². The standard InChI is InChI=1S/C13H15ClN4OS/c1-8(10-4-5-11(14)20-10)17-7-9-3-2-6-16-12(9)13(15)18-19/h2-6,8,17,19H,7H2,1H3,(H2,15,18). The monoisotopic (exact) mass is 310 g/mol. The van der Waals surface area contributed by atoms with E-state index in [0.717, 1.165) is 14.8 Å². The molecule has 0 aliphatic heterocycles. The van der Waals surface area contributed by atoms with E-state index in [9.17, 15) is 0 Å². The van der Waals surface area contributed by atoms with E-state index in [-0.39, 0.29) is 11.9 Å². The molecule has 5 nitrogen and oxygen atoms in total. The Balaban J connectivity index is 2.08. The molecule has 20 heavy (non-hydrogen) atoms. The molecule has 106 valence electrons. The average Bonchev–Trinajstić information content (AvgIpc) is 2.91. The van der Waals surface area contributed by atoms with Crippen LogP contribution in [0.2, 0.25) is 4.34 Å². The summed E-state index contributed by atoms with van der Waals surface area (Å²) in [5, 5.41) is 15.1. The Morgan fingerprint density at radius 3 is 3.00 bits per heavy atom. The van der Waals surface area contributed by atoms with E-state index in [2.05, 4.69) is 22.4 Å². The Labute approximate surface area is 126 Å². The van der Waals surface area contributed by atoms with E-state index >= 15 is 0 Å². The van der Waals surface area contributed by atoms with Crippen LogP contribution < -0.4 is 11.1 Å². The molecule has 2 heterocycles. The van der Waals surface area contributed by atoms with Gasteiger partial charge in [-0.2, -0.15) is 0 Å². The van der Waals surface area contributed by atoms with Crippen molar-refractivity contribution in [3.8, 4) is 0 Å². The van der Waals surface area contributed by atoms with Gasteiger partial charge in [0.25, 0.3) is 0 Å². The van der Waals surface area contributed by atoms with Crippen LogP contribution in [0.1, 0.15) is 29.1 Å². The van der Waals surface area contributed by atoms with Crippen molar-refractivity contribution in [1.29, 1.82) is 0 Å². The summed E-state index contributed by atoms with van der Waals surface area (Å²) in [7, 11) is 0. The molecule has 0 saturated heterocycles. The summed E-state index contributed by atoms with van der Waals surface area (Å²) in [5.41, 5.74) is 6.97. The zero-order valence-corrected chi connectivity index (χ0v) is 12.4. The summed E-state index contributed by atoms with van der Waals surface area (Å²) in [6.07, 6.45) is 1.61. The fourth-order valence-corrected chi connectivity index (χ4v) is 2.87. The van der Waals surface area contributed by atoms with Gasteiger partial charge in [0, 0.05) is 23.7 Å². The molecule has 1 unspecified atom stereocenters. The largest absolute Gasteiger partial charge is 0.409 e. The van der Waals surface area contributed by atoms with E-state index in [1.807, 2.05) is 24.3 Å². The van der Waals surface area contributed by atoms with Crippen LogP contribution in [-0.2, 0) is 6.54 Å². The quantitative estimate of drug-likeness (QED) is 0.343. The highest BCUT2D eigenvalue weighted by Gasteiger charge is 2.11. The Morgan fingerprint density at radius 1 is 1.55 bits per heavy atom. The Bertz CT molecular complexity index is 614. The molecule has 0 aliphatic rings. The number of hydrogen-bond acceptors (Lipinski definition) is 5. The molecule has 2 rings (SSSR count). The summed E-state index contributed by atoms with van der Waals surface area (Å²) < 4.78 is 0.771. The molecule has 7 heteroatoms. The minimum absolute atomic E-state index is 0.00854. The fraction of sp³-hybridized carbons (Fsp3) is 0.231. The maximum Gasteiger partial charge on any atom is 0.189 e. The Morgan fingerprint density at radius 2 is 2.35 bits per heavy atom. The zero-order chi connectivity index (χ0) is 14.5. The van der Waals surface area contributed by atoms with Crippen LogP contribution in [0.5, 0.6) is 0 Å². The molecule has 2 aromatic rings. The number of nitrogens with zero attached hydrogens (tertiary/aromatic N) is 2. The van der Waals surface area contributed by atoms with Gasteiger partial charge in [0.2, 0.25) is 0 Å². The molecular weight excluding hydrogens is 296 g/mol. The van der Waals surface area contributed by atoms with Gasteiger partial charge in [-0.3, -0.25) is 4.98 Å². The number of halogens is 1. The summed E-state index contributed by atoms with van der Waals surface area (Å²) >= 11 is 7.47. The van der Waals surface area contributed by atoms with Crippen LogP contribution in [0.15, 0.2) is 35.6 Å². The van der Waals surface area contributed by atoms with Crippen LogP contribution in [-0.4, -0.2) is 16.0 Å². The van der Waals surface area contributed by atoms with Crippen molar-refractivity contribution in [3.05, 3.63) is 50.9 Å². The summed E-state index contributed by atoms with van der Waals surface area (Å²) in [5.74, 6) is 0.00854. The lowest BCUT2D eigenvalue weighted by molar-refractivity contribution is 0.318. The number of nitrogens with two attached hydrogens (primary N) is 1. The van der Waals surface area contributed by atoms with Gasteiger partial charge in [-0.05, 0) is 30.7 Å². The second-order valence-electron chi connectivity index (χ2n) is 4.24. The molecule has 4 N–H and O–H groups in total. The van der Waals surface area contributed by atoms with Gasteiger partial charge in [-0.25, -0.2) is 0 Å². The minimum Gasteiger partial charge on any atom is -0.409 e. The fourth-order valence-electron chi connectivity index (χ4n) is 1.78. The number of nitrogens with one attached hydrogen (secondary N) is 1. The third-order valence-corrected chi connectivity index (χ3v) is 4.27. The lowest BCUT2D eigenvalue weighted by Crippen LogP contribution is -2.22. The number of amidine groups is 1. The molecule has 0 aromatic carbocycles. The second kappa shape index (κ2) is 6.69. The predicted molar refractivity (Wildman–Crippen MR) is 81.3 cm³/mol. The maximum absolute atomic E-state index is 8.76. The number of aromatic nitrogens is 1. The predicted octanol–water partition coefficient (Wildman–Crippen LogP) is 2.74. The van der Waals surface area contributed by atoms with E-state index < -0.39 is 0 Å². The number of rotatable bonds is 5. The number of hydrogen-bond donors (Lipinski definition) is 3. The molecule has 2 aromatic heterocycles. The summed E-state index contributed by atoms with van der Waals surface area (Å²) in [6, 6.07) is 7.75. The first-order valence-electron chi connectivity index (χ1n) is 6.02. The normalized spacial score (nSPS) is 13.4. The molecule has 0 aliphatic carbocycles. The van der Waals surface area contributed by atoms with Crippen LogP contribution in [0.3, 0.4) is 0 Å². The van der Waals surface area contributed by atoms with Crippen molar-refractivity contribution < 1.29 is 5.21 Å². The molecule has 0 fully saturated rings. The average molecular weight is 311 g/mol. The molecule has 0 spiro atoms. The lowest BCUT2D eigenvalue weighted by atomic mass is 10.1. The molecule has 0 saturated carbocycles. The van der Waals surface area contributed by atoms with Crippen molar-refractivity contribution in [1.82, 2.24) is 10.3 Å². The van der Waals surface area contributed by atoms with Gasteiger partial charge in [0.05, 0.1) is 4.34 Å². The van der Waals surface area contributed by atoms with Crippen LogP contribution in [0.4, 0.5) is 0 Å². The zero-order valence-electron chi connectivity index (χ0n) is 10.9. The minimum atomic E-state index is 0.00854. The molecule has 0 radical (unpaired) electrons. The first kappa shape index (κ1) is 14.8. The highest BCUT2D eigenvalue weighted by molar-refractivity contribution is 7.16. The molecule has 0 amide bonds. The first-order chi connectivity index (χ1) is 9.61. The molecular formula is C13H15ClN4OS. The van der Waals surface area contributed by atoms with Gasteiger partial charge in [-0.1, -0.05) is 22.8 Å². The van der Waals surface area contributed by atoms with Gasteiger partial charge >= 0.3 is 0 Å². The summed E-state index contributed by atoms with van der Waals surface area (Å²) in [4.78, 5) is 5.29. The van der Waals surface area contributed by atoms with Crippen molar-refractivity contribution in [2.45, 2.75) is 19.5 Å². The number of pyridine rings is 1. The highest BCUT2D eigenvalue weighted by atomic mass is 35.5. The number of oxime groups is 1. The van der Waals surface area contributed by atoms with Crippen molar-refractivity contribution in [2.75, 3.05) is 0 Å². The van der Waals surface area contributed by atoms with Crippen LogP contribution >= 0.6 is 22.9 Å². The van der Waals surface area contributed by atoms with Gasteiger partial charge in [0.1, 0.15) is 5.69 Å². The SMILES string of the molecule is CC(NCc1cccnc1C(N)=NO)c1ccc(Cl)s1. The molecule has 1 atom stereocenters. The highest BCUT2D eigenvalue weighted by Crippen LogP contribution is 2.26. The van der Waals surface area contributed by atoms with Crippen molar-refractivity contribution >= 4 is 28.8 Å². The van der Waals surface area contributed by atoms with E-state index in [1.165, 1.54) is 0 Å². The van der Waals surface area contributed by atoms with E-state index in [4.69, 9.17) is 22.5 Å². The van der Waals surface area contributed by atoms with Gasteiger partial charge < -0.3 is 16.3 Å². The maximum atomic E-state index is 8.76. The smallest absolute Gasteiger partial charge is 0.189 e. The topological polar surface area (TPSA) is 83.5 Å². The second-order valence-corrected chi connectivity index (χ2v) is 5.99.